The molecule has 1 aliphatic rings. The van der Waals surface area contributed by atoms with Crippen LogP contribution in [0.15, 0.2) is 23.4 Å². The summed E-state index contributed by atoms with van der Waals surface area (Å²) in [5.41, 5.74) is 2.76. The van der Waals surface area contributed by atoms with Crippen molar-refractivity contribution in [2.75, 3.05) is 13.6 Å². The van der Waals surface area contributed by atoms with Gasteiger partial charge in [0.1, 0.15) is 0 Å². The molecule has 2 nitrogen and oxygen atoms in total. The first-order chi connectivity index (χ1) is 7.27. The topological polar surface area (TPSA) is 24.1 Å². The van der Waals surface area contributed by atoms with Crippen molar-refractivity contribution in [2.45, 2.75) is 45.6 Å². The van der Waals surface area contributed by atoms with Crippen molar-refractivity contribution in [1.29, 1.82) is 0 Å². The zero-order chi connectivity index (χ0) is 11.1. The quantitative estimate of drug-likeness (QED) is 0.701. The second kappa shape index (κ2) is 6.67. The van der Waals surface area contributed by atoms with Gasteiger partial charge in [-0.2, -0.15) is 0 Å². The number of allylic oxidation sites excluding steroid dienone is 3. The molecular weight excluding hydrogens is 184 g/mol. The number of hydrogen-bond donors (Lipinski definition) is 2. The Bertz CT molecular complexity index is 241. The Hall–Kier alpha value is -0.760. The Morgan fingerprint density at radius 2 is 2.07 bits per heavy atom. The summed E-state index contributed by atoms with van der Waals surface area (Å²) in [6, 6.07) is 0.602. The molecule has 15 heavy (non-hydrogen) atoms. The Kier molecular flexibility index (Phi) is 5.48. The largest absolute Gasteiger partial charge is 0.382 e. The molecule has 0 aromatic carbocycles. The van der Waals surface area contributed by atoms with Crippen LogP contribution in [0, 0.1) is 0 Å². The van der Waals surface area contributed by atoms with Crippen LogP contribution in [0.5, 0.6) is 0 Å². The van der Waals surface area contributed by atoms with Gasteiger partial charge in [0, 0.05) is 11.7 Å². The van der Waals surface area contributed by atoms with E-state index in [4.69, 9.17) is 0 Å². The molecule has 2 N–H and O–H groups in total. The summed E-state index contributed by atoms with van der Waals surface area (Å²) in [6.45, 7) is 5.53. The minimum Gasteiger partial charge on any atom is -0.382 e. The first-order valence-electron chi connectivity index (χ1n) is 6.06. The van der Waals surface area contributed by atoms with Gasteiger partial charge in [0.2, 0.25) is 0 Å². The van der Waals surface area contributed by atoms with Crippen LogP contribution in [0.25, 0.3) is 0 Å². The van der Waals surface area contributed by atoms with E-state index in [1.165, 1.54) is 37.0 Å². The van der Waals surface area contributed by atoms with Crippen LogP contribution in [-0.2, 0) is 0 Å². The summed E-state index contributed by atoms with van der Waals surface area (Å²) in [5, 5.41) is 6.85. The van der Waals surface area contributed by atoms with Gasteiger partial charge in [-0.05, 0) is 51.8 Å². The lowest BCUT2D eigenvalue weighted by atomic mass is 10.0. The highest BCUT2D eigenvalue weighted by molar-refractivity contribution is 5.30. The third-order valence-corrected chi connectivity index (χ3v) is 2.99. The predicted molar refractivity (Wildman–Crippen MR) is 66.8 cm³/mol. The number of hydrogen-bond acceptors (Lipinski definition) is 2. The van der Waals surface area contributed by atoms with E-state index in [0.717, 1.165) is 6.54 Å². The van der Waals surface area contributed by atoms with Crippen LogP contribution in [0.4, 0.5) is 0 Å². The number of nitrogens with one attached hydrogen (secondary N) is 2. The van der Waals surface area contributed by atoms with Crippen molar-refractivity contribution in [2.24, 2.45) is 0 Å². The molecule has 0 bridgehead atoms. The summed E-state index contributed by atoms with van der Waals surface area (Å²) >= 11 is 0. The van der Waals surface area contributed by atoms with E-state index < -0.39 is 0 Å². The van der Waals surface area contributed by atoms with Crippen molar-refractivity contribution in [3.8, 4) is 0 Å². The van der Waals surface area contributed by atoms with Gasteiger partial charge in [0.05, 0.1) is 0 Å². The number of rotatable bonds is 6. The lowest BCUT2D eigenvalue weighted by Crippen LogP contribution is -2.31. The molecule has 86 valence electrons. The van der Waals surface area contributed by atoms with Gasteiger partial charge in [-0.1, -0.05) is 19.1 Å². The van der Waals surface area contributed by atoms with Crippen molar-refractivity contribution < 1.29 is 0 Å². The fourth-order valence-electron chi connectivity index (χ4n) is 1.89. The molecule has 0 heterocycles. The summed E-state index contributed by atoms with van der Waals surface area (Å²) < 4.78 is 0. The van der Waals surface area contributed by atoms with E-state index in [1.54, 1.807) is 0 Å². The van der Waals surface area contributed by atoms with E-state index in [2.05, 4.69) is 36.6 Å². The SMILES string of the molecule is CCC(CCNC)NC1=CCCC=C1C. The van der Waals surface area contributed by atoms with Gasteiger partial charge in [-0.25, -0.2) is 0 Å². The van der Waals surface area contributed by atoms with Gasteiger partial charge in [-0.15, -0.1) is 0 Å². The van der Waals surface area contributed by atoms with Crippen molar-refractivity contribution in [3.05, 3.63) is 23.4 Å². The molecule has 1 aliphatic carbocycles. The highest BCUT2D eigenvalue weighted by Crippen LogP contribution is 2.17. The molecule has 0 saturated carbocycles. The second-order valence-corrected chi connectivity index (χ2v) is 4.22. The summed E-state index contributed by atoms with van der Waals surface area (Å²) in [4.78, 5) is 0. The molecule has 0 radical (unpaired) electrons. The minimum absolute atomic E-state index is 0.602. The first-order valence-corrected chi connectivity index (χ1v) is 6.06. The molecule has 0 saturated heterocycles. The molecule has 1 rings (SSSR count). The highest BCUT2D eigenvalue weighted by Gasteiger charge is 2.09. The van der Waals surface area contributed by atoms with Gasteiger partial charge >= 0.3 is 0 Å². The summed E-state index contributed by atoms with van der Waals surface area (Å²) in [7, 11) is 2.01. The highest BCUT2D eigenvalue weighted by atomic mass is 14.9. The molecule has 1 atom stereocenters. The van der Waals surface area contributed by atoms with Crippen LogP contribution in [0.3, 0.4) is 0 Å². The Morgan fingerprint density at radius 1 is 1.33 bits per heavy atom. The maximum absolute atomic E-state index is 3.64. The summed E-state index contributed by atoms with van der Waals surface area (Å²) in [5.74, 6) is 0. The first kappa shape index (κ1) is 12.3. The van der Waals surface area contributed by atoms with Crippen LogP contribution < -0.4 is 10.6 Å². The molecule has 0 spiro atoms. The maximum Gasteiger partial charge on any atom is 0.0328 e. The average molecular weight is 208 g/mol. The average Bonchev–Trinajstić information content (AvgIpc) is 2.26. The Labute approximate surface area is 93.8 Å². The standard InChI is InChI=1S/C13H24N2/c1-4-12(9-10-14-3)15-13-8-6-5-7-11(13)2/h7-8,12,14-15H,4-6,9-10H2,1-3H3. The lowest BCUT2D eigenvalue weighted by Gasteiger charge is -2.22. The summed E-state index contributed by atoms with van der Waals surface area (Å²) in [6.07, 6.45) is 9.42. The van der Waals surface area contributed by atoms with E-state index in [9.17, 15) is 0 Å². The zero-order valence-electron chi connectivity index (χ0n) is 10.3. The van der Waals surface area contributed by atoms with E-state index in [0.29, 0.717) is 6.04 Å². The zero-order valence-corrected chi connectivity index (χ0v) is 10.3. The predicted octanol–water partition coefficient (Wildman–Crippen LogP) is 2.59. The van der Waals surface area contributed by atoms with Crippen LogP contribution in [-0.4, -0.2) is 19.6 Å². The Morgan fingerprint density at radius 3 is 2.67 bits per heavy atom. The van der Waals surface area contributed by atoms with Gasteiger partial charge in [0.15, 0.2) is 0 Å². The minimum atomic E-state index is 0.602. The van der Waals surface area contributed by atoms with Crippen molar-refractivity contribution in [1.82, 2.24) is 10.6 Å². The second-order valence-electron chi connectivity index (χ2n) is 4.22. The van der Waals surface area contributed by atoms with E-state index in [1.807, 2.05) is 7.05 Å². The molecule has 2 heteroatoms. The normalized spacial score (nSPS) is 18.1. The van der Waals surface area contributed by atoms with Crippen LogP contribution in [0.1, 0.15) is 39.5 Å². The van der Waals surface area contributed by atoms with E-state index >= 15 is 0 Å². The van der Waals surface area contributed by atoms with Crippen LogP contribution >= 0.6 is 0 Å². The molecule has 0 aliphatic heterocycles. The van der Waals surface area contributed by atoms with Gasteiger partial charge < -0.3 is 10.6 Å². The Balaban J connectivity index is 2.43. The van der Waals surface area contributed by atoms with Crippen molar-refractivity contribution >= 4 is 0 Å². The monoisotopic (exact) mass is 208 g/mol. The van der Waals surface area contributed by atoms with Gasteiger partial charge in [-0.3, -0.25) is 0 Å². The smallest absolute Gasteiger partial charge is 0.0328 e. The molecule has 0 aromatic heterocycles. The van der Waals surface area contributed by atoms with E-state index in [-0.39, 0.29) is 0 Å². The third kappa shape index (κ3) is 4.08. The third-order valence-electron chi connectivity index (χ3n) is 2.99. The van der Waals surface area contributed by atoms with Crippen LogP contribution in [0.2, 0.25) is 0 Å². The molecule has 0 fully saturated rings. The molecule has 1 unspecified atom stereocenters. The lowest BCUT2D eigenvalue weighted by molar-refractivity contribution is 0.501. The molecule has 0 aromatic rings. The maximum atomic E-state index is 3.64. The fourth-order valence-corrected chi connectivity index (χ4v) is 1.89. The molecular formula is C13H24N2. The van der Waals surface area contributed by atoms with Crippen molar-refractivity contribution in [3.63, 3.8) is 0 Å². The molecule has 0 amide bonds. The fraction of sp³-hybridized carbons (Fsp3) is 0.692. The van der Waals surface area contributed by atoms with Gasteiger partial charge in [0.25, 0.3) is 0 Å².